The maximum atomic E-state index is 14.3. The number of aromatic nitrogens is 2. The van der Waals surface area contributed by atoms with Gasteiger partial charge in [0.15, 0.2) is 11.5 Å². The summed E-state index contributed by atoms with van der Waals surface area (Å²) in [6, 6.07) is 3.83. The molecule has 2 amide bonds. The summed E-state index contributed by atoms with van der Waals surface area (Å²) in [5.41, 5.74) is 4.38. The van der Waals surface area contributed by atoms with Gasteiger partial charge in [-0.15, -0.1) is 0 Å². The maximum Gasteiger partial charge on any atom is 0.418 e. The van der Waals surface area contributed by atoms with Gasteiger partial charge in [-0.05, 0) is 71.1 Å². The van der Waals surface area contributed by atoms with E-state index < -0.39 is 29.3 Å². The molecule has 0 bridgehead atoms. The van der Waals surface area contributed by atoms with Crippen LogP contribution < -0.4 is 21.3 Å². The molecule has 11 nitrogen and oxygen atoms in total. The van der Waals surface area contributed by atoms with E-state index in [1.807, 2.05) is 6.92 Å². The summed E-state index contributed by atoms with van der Waals surface area (Å²) in [5.74, 6) is -0.519. The van der Waals surface area contributed by atoms with E-state index in [0.717, 1.165) is 18.9 Å². The number of aryl methyl sites for hydroxylation is 1. The lowest BCUT2D eigenvalue weighted by Gasteiger charge is -2.37. The Kier molecular flexibility index (Phi) is 9.57. The van der Waals surface area contributed by atoms with Crippen molar-refractivity contribution in [3.05, 3.63) is 35.2 Å². The van der Waals surface area contributed by atoms with Crippen molar-refractivity contribution in [1.29, 1.82) is 0 Å². The maximum absolute atomic E-state index is 14.3. The Bertz CT molecular complexity index is 1320. The van der Waals surface area contributed by atoms with Gasteiger partial charge in [-0.3, -0.25) is 4.79 Å². The fraction of sp³-hybridized carbons (Fsp3) is 0.586. The Balaban J connectivity index is 1.58. The summed E-state index contributed by atoms with van der Waals surface area (Å²) in [4.78, 5) is 36.7. The van der Waals surface area contributed by atoms with Gasteiger partial charge in [0.05, 0.1) is 17.4 Å². The van der Waals surface area contributed by atoms with Crippen molar-refractivity contribution in [3.8, 4) is 0 Å². The number of piperazine rings is 1. The van der Waals surface area contributed by atoms with Crippen LogP contribution >= 0.6 is 0 Å². The average Bonchev–Trinajstić information content (AvgIpc) is 2.93. The Morgan fingerprint density at radius 3 is 2.26 bits per heavy atom. The summed E-state index contributed by atoms with van der Waals surface area (Å²) in [5, 5.41) is 16.0. The molecule has 0 unspecified atom stereocenters. The molecule has 2 aromatic rings. The molecule has 4 rings (SSSR count). The van der Waals surface area contributed by atoms with E-state index in [0.29, 0.717) is 30.8 Å². The number of halogens is 3. The van der Waals surface area contributed by atoms with Crippen molar-refractivity contribution in [2.24, 2.45) is 5.73 Å². The summed E-state index contributed by atoms with van der Waals surface area (Å²) in [7, 11) is 0. The fourth-order valence-electron chi connectivity index (χ4n) is 5.21. The van der Waals surface area contributed by atoms with Gasteiger partial charge in [0, 0.05) is 43.6 Å². The average molecular weight is 608 g/mol. The molecule has 1 aromatic heterocycles. The number of nitrogens with two attached hydrogens (primary N) is 1. The molecular formula is C29H40F3N7O4. The Morgan fingerprint density at radius 1 is 1.05 bits per heavy atom. The minimum atomic E-state index is -4.68. The van der Waals surface area contributed by atoms with E-state index in [-0.39, 0.29) is 61.2 Å². The number of carbonyl (C=O) groups is 2. The van der Waals surface area contributed by atoms with Crippen LogP contribution in [0.4, 0.5) is 41.0 Å². The summed E-state index contributed by atoms with van der Waals surface area (Å²) >= 11 is 0. The number of amides is 2. The third-order valence-corrected chi connectivity index (χ3v) is 7.41. The molecular weight excluding hydrogens is 567 g/mol. The van der Waals surface area contributed by atoms with Crippen LogP contribution in [0.3, 0.4) is 0 Å². The van der Waals surface area contributed by atoms with Gasteiger partial charge in [-0.1, -0.05) is 6.92 Å². The van der Waals surface area contributed by atoms with Crippen LogP contribution in [-0.4, -0.2) is 75.9 Å². The summed E-state index contributed by atoms with van der Waals surface area (Å²) < 4.78 is 48.3. The van der Waals surface area contributed by atoms with E-state index in [9.17, 15) is 27.9 Å². The highest BCUT2D eigenvalue weighted by Gasteiger charge is 2.37. The van der Waals surface area contributed by atoms with Gasteiger partial charge in [0.1, 0.15) is 11.4 Å². The quantitative estimate of drug-likeness (QED) is 0.353. The van der Waals surface area contributed by atoms with Crippen molar-refractivity contribution in [2.75, 3.05) is 41.7 Å². The first-order chi connectivity index (χ1) is 20.1. The van der Waals surface area contributed by atoms with Crippen molar-refractivity contribution in [3.63, 3.8) is 0 Å². The van der Waals surface area contributed by atoms with Crippen LogP contribution in [0.1, 0.15) is 75.1 Å². The molecule has 236 valence electrons. The van der Waals surface area contributed by atoms with Crippen LogP contribution in [-0.2, 0) is 17.3 Å². The molecule has 1 saturated carbocycles. The second-order valence-corrected chi connectivity index (χ2v) is 11.9. The highest BCUT2D eigenvalue weighted by molar-refractivity contribution is 5.96. The second-order valence-electron chi connectivity index (χ2n) is 11.9. The lowest BCUT2D eigenvalue weighted by Crippen LogP contribution is -2.50. The number of nitrogens with one attached hydrogen (secondary N) is 2. The minimum Gasteiger partial charge on any atom is -0.444 e. The molecule has 0 atom stereocenters. The minimum absolute atomic E-state index is 0.0220. The number of benzene rings is 1. The topological polar surface area (TPSA) is 146 Å². The standard InChI is InChI=1S/C29H40F3N7O4/c1-5-21-25(34-17-6-9-19(40)10-7-17)37-26(23(36-21)24(33)41)35-18-8-11-22(20(16-18)29(30,31)32)38-12-14-39(15-13-38)27(42)43-28(2,3)4/h8,11,16-17,19,40H,5-7,9-10,12-15H2,1-4H3,(H2,33,41)(H2,34,35,37). The number of anilines is 4. The van der Waals surface area contributed by atoms with Crippen molar-refractivity contribution in [2.45, 2.75) is 83.7 Å². The molecule has 1 aromatic carbocycles. The van der Waals surface area contributed by atoms with Crippen molar-refractivity contribution >= 4 is 35.0 Å². The Labute approximate surface area is 249 Å². The number of aliphatic hydroxyl groups is 1. The molecule has 5 N–H and O–H groups in total. The van der Waals surface area contributed by atoms with Gasteiger partial charge in [-0.2, -0.15) is 13.2 Å². The number of hydrogen-bond donors (Lipinski definition) is 4. The number of ether oxygens (including phenoxy) is 1. The normalized spacial score (nSPS) is 19.6. The predicted octanol–water partition coefficient (Wildman–Crippen LogP) is 4.67. The number of nitrogens with zero attached hydrogens (tertiary/aromatic N) is 4. The van der Waals surface area contributed by atoms with E-state index in [1.165, 1.54) is 17.0 Å². The van der Waals surface area contributed by atoms with Gasteiger partial charge in [0.25, 0.3) is 5.91 Å². The molecule has 43 heavy (non-hydrogen) atoms. The summed E-state index contributed by atoms with van der Waals surface area (Å²) in [6.45, 7) is 7.91. The zero-order valence-electron chi connectivity index (χ0n) is 24.9. The highest BCUT2D eigenvalue weighted by atomic mass is 19.4. The molecule has 2 aliphatic rings. The molecule has 0 radical (unpaired) electrons. The summed E-state index contributed by atoms with van der Waals surface area (Å²) in [6.07, 6.45) is -2.37. The molecule has 2 fully saturated rings. The number of aliphatic hydroxyl groups excluding tert-OH is 1. The van der Waals surface area contributed by atoms with Gasteiger partial charge in [-0.25, -0.2) is 14.8 Å². The van der Waals surface area contributed by atoms with Crippen LogP contribution in [0.25, 0.3) is 0 Å². The zero-order chi connectivity index (χ0) is 31.5. The number of hydrogen-bond acceptors (Lipinski definition) is 9. The van der Waals surface area contributed by atoms with Crippen molar-refractivity contribution in [1.82, 2.24) is 14.9 Å². The molecule has 14 heteroatoms. The lowest BCUT2D eigenvalue weighted by molar-refractivity contribution is -0.137. The zero-order valence-corrected chi connectivity index (χ0v) is 24.9. The molecule has 1 saturated heterocycles. The third-order valence-electron chi connectivity index (χ3n) is 7.41. The molecule has 1 aliphatic carbocycles. The largest absolute Gasteiger partial charge is 0.444 e. The number of alkyl halides is 3. The first-order valence-corrected chi connectivity index (χ1v) is 14.5. The second kappa shape index (κ2) is 12.8. The third kappa shape index (κ3) is 8.18. The van der Waals surface area contributed by atoms with E-state index in [2.05, 4.69) is 20.6 Å². The number of primary amides is 1. The fourth-order valence-corrected chi connectivity index (χ4v) is 5.21. The van der Waals surface area contributed by atoms with Crippen LogP contribution in [0.15, 0.2) is 18.2 Å². The first kappa shape index (κ1) is 32.1. The van der Waals surface area contributed by atoms with E-state index >= 15 is 0 Å². The predicted molar refractivity (Wildman–Crippen MR) is 157 cm³/mol. The number of carbonyl (C=O) groups excluding carboxylic acids is 2. The Morgan fingerprint density at radius 2 is 1.70 bits per heavy atom. The first-order valence-electron chi connectivity index (χ1n) is 14.5. The van der Waals surface area contributed by atoms with Crippen LogP contribution in [0.2, 0.25) is 0 Å². The van der Waals surface area contributed by atoms with Crippen LogP contribution in [0.5, 0.6) is 0 Å². The SMILES string of the molecule is CCc1nc(C(N)=O)c(Nc2ccc(N3CCN(C(=O)OC(C)(C)C)CC3)c(C(F)(F)F)c2)nc1NC1CCC(O)CC1. The van der Waals surface area contributed by atoms with Crippen LogP contribution in [0, 0.1) is 0 Å². The van der Waals surface area contributed by atoms with Gasteiger partial charge >= 0.3 is 12.3 Å². The van der Waals surface area contributed by atoms with E-state index in [4.69, 9.17) is 10.5 Å². The van der Waals surface area contributed by atoms with Gasteiger partial charge in [0.2, 0.25) is 0 Å². The number of rotatable bonds is 7. The monoisotopic (exact) mass is 607 g/mol. The smallest absolute Gasteiger partial charge is 0.418 e. The Hall–Kier alpha value is -3.81. The lowest BCUT2D eigenvalue weighted by atomic mass is 9.93. The highest BCUT2D eigenvalue weighted by Crippen LogP contribution is 2.39. The van der Waals surface area contributed by atoms with E-state index in [1.54, 1.807) is 25.7 Å². The molecule has 1 aliphatic heterocycles. The van der Waals surface area contributed by atoms with Gasteiger partial charge < -0.3 is 36.0 Å². The van der Waals surface area contributed by atoms with Crippen molar-refractivity contribution < 1.29 is 32.6 Å². The molecule has 0 spiro atoms. The molecule has 2 heterocycles.